The van der Waals surface area contributed by atoms with Gasteiger partial charge in [-0.2, -0.15) is 5.26 Å². The summed E-state index contributed by atoms with van der Waals surface area (Å²) in [4.78, 5) is 12.6. The van der Waals surface area contributed by atoms with E-state index in [4.69, 9.17) is 4.74 Å². The first-order valence-corrected chi connectivity index (χ1v) is 15.2. The van der Waals surface area contributed by atoms with E-state index in [1.54, 1.807) is 30.3 Å². The Balaban J connectivity index is 1.29. The molecule has 5 rings (SSSR count). The number of ether oxygens (including phenoxy) is 1. The molecule has 1 aromatic rings. The average Bonchev–Trinajstić information content (AvgIpc) is 3.33. The summed E-state index contributed by atoms with van der Waals surface area (Å²) in [5.74, 6) is 1.87. The second-order valence-electron chi connectivity index (χ2n) is 12.7. The largest absolute Gasteiger partial charge is 0.508 e. The van der Waals surface area contributed by atoms with Crippen molar-refractivity contribution in [2.45, 2.75) is 83.3 Å². The summed E-state index contributed by atoms with van der Waals surface area (Å²) in [6.07, 6.45) is 21.1. The van der Waals surface area contributed by atoms with Crippen LogP contribution >= 0.6 is 0 Å². The van der Waals surface area contributed by atoms with Crippen LogP contribution in [0, 0.1) is 40.4 Å². The lowest BCUT2D eigenvalue weighted by Gasteiger charge is -2.54. The van der Waals surface area contributed by atoms with Crippen LogP contribution in [0.15, 0.2) is 65.8 Å². The minimum absolute atomic E-state index is 0.114. The highest BCUT2D eigenvalue weighted by molar-refractivity contribution is 5.87. The number of phenols is 1. The number of carbonyl (C=O) groups is 1. The molecule has 212 valence electrons. The quantitative estimate of drug-likeness (QED) is 0.206. The van der Waals surface area contributed by atoms with Gasteiger partial charge in [-0.1, -0.05) is 55.9 Å². The molecular formula is C35H44N2O3. The monoisotopic (exact) mass is 540 g/mol. The Kier molecular flexibility index (Phi) is 8.38. The Morgan fingerprint density at radius 1 is 1.12 bits per heavy atom. The first kappa shape index (κ1) is 28.4. The molecule has 0 radical (unpaired) electrons. The zero-order chi connectivity index (χ0) is 28.3. The zero-order valence-electron chi connectivity index (χ0n) is 24.2. The smallest absolute Gasteiger partial charge is 0.331 e. The number of nitriles is 1. The number of nitrogens with one attached hydrogen (secondary N) is 1. The lowest BCUT2D eigenvalue weighted by molar-refractivity contribution is -0.144. The SMILES string of the molecule is CNC12CCC3C(=CC=C4CC(OC(=O)/C=C/c5ccc(O)cc5)CCC43C#N)C1CCC2C/C=C/CC(C)C. The molecule has 5 heteroatoms. The Hall–Kier alpha value is -3.10. The molecule has 1 aromatic carbocycles. The third-order valence-corrected chi connectivity index (χ3v) is 10.2. The van der Waals surface area contributed by atoms with E-state index in [9.17, 15) is 15.2 Å². The molecule has 2 N–H and O–H groups in total. The maximum Gasteiger partial charge on any atom is 0.331 e. The number of hydrogen-bond donors (Lipinski definition) is 2. The molecule has 0 spiro atoms. The van der Waals surface area contributed by atoms with Crippen LogP contribution in [0.1, 0.15) is 77.2 Å². The van der Waals surface area contributed by atoms with E-state index in [1.165, 1.54) is 24.5 Å². The van der Waals surface area contributed by atoms with E-state index in [2.05, 4.69) is 56.6 Å². The fraction of sp³-hybridized carbons (Fsp3) is 0.543. The first-order valence-electron chi connectivity index (χ1n) is 15.2. The maximum absolute atomic E-state index is 12.6. The normalized spacial score (nSPS) is 33.2. The first-order chi connectivity index (χ1) is 19.3. The lowest BCUT2D eigenvalue weighted by Crippen LogP contribution is -2.57. The summed E-state index contributed by atoms with van der Waals surface area (Å²) in [6, 6.07) is 9.49. The van der Waals surface area contributed by atoms with Gasteiger partial charge in [0.2, 0.25) is 0 Å². The summed E-state index contributed by atoms with van der Waals surface area (Å²) in [5.41, 5.74) is 3.07. The van der Waals surface area contributed by atoms with Gasteiger partial charge in [0.25, 0.3) is 0 Å². The molecule has 0 aromatic heterocycles. The Morgan fingerprint density at radius 2 is 1.93 bits per heavy atom. The number of allylic oxidation sites excluding steroid dienone is 4. The van der Waals surface area contributed by atoms with E-state index in [0.29, 0.717) is 30.6 Å². The molecule has 4 aliphatic rings. The van der Waals surface area contributed by atoms with Gasteiger partial charge in [0.05, 0.1) is 11.5 Å². The van der Waals surface area contributed by atoms with Gasteiger partial charge in [0.1, 0.15) is 11.9 Å². The van der Waals surface area contributed by atoms with Crippen molar-refractivity contribution in [3.8, 4) is 11.8 Å². The van der Waals surface area contributed by atoms with Gasteiger partial charge in [-0.15, -0.1) is 0 Å². The van der Waals surface area contributed by atoms with E-state index in [0.717, 1.165) is 43.2 Å². The number of aromatic hydroxyl groups is 1. The van der Waals surface area contributed by atoms with Crippen LogP contribution in [-0.2, 0) is 9.53 Å². The predicted octanol–water partition coefficient (Wildman–Crippen LogP) is 7.26. The van der Waals surface area contributed by atoms with Crippen molar-refractivity contribution in [3.05, 3.63) is 71.4 Å². The van der Waals surface area contributed by atoms with Crippen LogP contribution in [0.3, 0.4) is 0 Å². The third kappa shape index (κ3) is 5.31. The van der Waals surface area contributed by atoms with Gasteiger partial charge in [-0.3, -0.25) is 0 Å². The van der Waals surface area contributed by atoms with Crippen LogP contribution in [-0.4, -0.2) is 29.8 Å². The summed E-state index contributed by atoms with van der Waals surface area (Å²) >= 11 is 0. The lowest BCUT2D eigenvalue weighted by atomic mass is 9.51. The molecule has 3 fully saturated rings. The highest BCUT2D eigenvalue weighted by Crippen LogP contribution is 2.62. The van der Waals surface area contributed by atoms with Crippen molar-refractivity contribution < 1.29 is 14.6 Å². The molecule has 3 saturated carbocycles. The Morgan fingerprint density at radius 3 is 2.65 bits per heavy atom. The summed E-state index contributed by atoms with van der Waals surface area (Å²) in [5, 5.41) is 23.9. The van der Waals surface area contributed by atoms with Gasteiger partial charge in [0.15, 0.2) is 0 Å². The molecule has 0 saturated heterocycles. The highest BCUT2D eigenvalue weighted by Gasteiger charge is 2.59. The van der Waals surface area contributed by atoms with Crippen LogP contribution in [0.5, 0.6) is 5.75 Å². The fourth-order valence-corrected chi connectivity index (χ4v) is 8.18. The van der Waals surface area contributed by atoms with Crippen molar-refractivity contribution >= 4 is 12.0 Å². The number of esters is 1. The average molecular weight is 541 g/mol. The fourth-order valence-electron chi connectivity index (χ4n) is 8.18. The minimum atomic E-state index is -0.482. The Labute approximate surface area is 239 Å². The minimum Gasteiger partial charge on any atom is -0.508 e. The van der Waals surface area contributed by atoms with Gasteiger partial charge < -0.3 is 15.2 Å². The summed E-state index contributed by atoms with van der Waals surface area (Å²) in [6.45, 7) is 4.53. The van der Waals surface area contributed by atoms with Crippen LogP contribution in [0.4, 0.5) is 0 Å². The molecule has 0 amide bonds. The summed E-state index contributed by atoms with van der Waals surface area (Å²) < 4.78 is 5.83. The van der Waals surface area contributed by atoms with Crippen molar-refractivity contribution in [1.29, 1.82) is 5.26 Å². The van der Waals surface area contributed by atoms with E-state index >= 15 is 0 Å². The van der Waals surface area contributed by atoms with E-state index in [-0.39, 0.29) is 29.3 Å². The van der Waals surface area contributed by atoms with Crippen molar-refractivity contribution in [2.24, 2.45) is 29.1 Å². The number of nitrogens with zero attached hydrogens (tertiary/aromatic N) is 1. The van der Waals surface area contributed by atoms with Crippen molar-refractivity contribution in [2.75, 3.05) is 7.05 Å². The number of carbonyl (C=O) groups excluding carboxylic acids is 1. The van der Waals surface area contributed by atoms with Gasteiger partial charge in [-0.05, 0) is 106 Å². The maximum atomic E-state index is 12.6. The molecule has 6 atom stereocenters. The van der Waals surface area contributed by atoms with Crippen LogP contribution < -0.4 is 5.32 Å². The van der Waals surface area contributed by atoms with Gasteiger partial charge in [0, 0.05) is 24.0 Å². The van der Waals surface area contributed by atoms with E-state index < -0.39 is 5.41 Å². The molecule has 40 heavy (non-hydrogen) atoms. The van der Waals surface area contributed by atoms with E-state index in [1.807, 2.05) is 0 Å². The second-order valence-corrected chi connectivity index (χ2v) is 12.7. The van der Waals surface area contributed by atoms with Crippen LogP contribution in [0.2, 0.25) is 0 Å². The van der Waals surface area contributed by atoms with Crippen molar-refractivity contribution in [1.82, 2.24) is 5.32 Å². The number of rotatable bonds is 8. The summed E-state index contributed by atoms with van der Waals surface area (Å²) in [7, 11) is 2.14. The van der Waals surface area contributed by atoms with Crippen LogP contribution in [0.25, 0.3) is 6.08 Å². The number of benzene rings is 1. The number of hydrogen-bond acceptors (Lipinski definition) is 5. The zero-order valence-corrected chi connectivity index (χ0v) is 24.2. The highest BCUT2D eigenvalue weighted by atomic mass is 16.5. The number of fused-ring (bicyclic) bond motifs is 5. The molecule has 0 heterocycles. The third-order valence-electron chi connectivity index (χ3n) is 10.2. The molecule has 5 nitrogen and oxygen atoms in total. The molecular weight excluding hydrogens is 496 g/mol. The second kappa shape index (κ2) is 11.8. The Bertz CT molecular complexity index is 1250. The predicted molar refractivity (Wildman–Crippen MR) is 159 cm³/mol. The standard InChI is InChI=1S/C35H44N2O3/c1-24(2)6-4-5-7-26-12-16-32-30-15-11-27-22-29(40-33(39)17-10-25-8-13-28(38)14-9-25)18-20-34(27,23-36)31(30)19-21-35(26,32)37-3/h4-5,8-11,13-15,17,24,26,29,31-32,37-38H,6-7,12,16,18-22H2,1-3H3/b5-4+,17-10+. The van der Waals surface area contributed by atoms with Gasteiger partial charge in [-0.25, -0.2) is 4.79 Å². The number of phenolic OH excluding ortho intramolecular Hbond substituents is 1. The molecule has 0 bridgehead atoms. The molecule has 0 aliphatic heterocycles. The molecule has 6 unspecified atom stereocenters. The topological polar surface area (TPSA) is 82.3 Å². The van der Waals surface area contributed by atoms with Crippen molar-refractivity contribution in [3.63, 3.8) is 0 Å². The van der Waals surface area contributed by atoms with Gasteiger partial charge >= 0.3 is 5.97 Å². The molecule has 4 aliphatic carbocycles.